The van der Waals surface area contributed by atoms with Gasteiger partial charge in [0.05, 0.1) is 5.02 Å². The summed E-state index contributed by atoms with van der Waals surface area (Å²) in [4.78, 5) is 3.99. The van der Waals surface area contributed by atoms with Gasteiger partial charge in [-0.05, 0) is 36.8 Å². The molecule has 1 aromatic heterocycles. The molecule has 0 bridgehead atoms. The van der Waals surface area contributed by atoms with Gasteiger partial charge >= 0.3 is 0 Å². The molecule has 15 heavy (non-hydrogen) atoms. The Morgan fingerprint density at radius 1 is 1.33 bits per heavy atom. The van der Waals surface area contributed by atoms with E-state index in [0.717, 1.165) is 17.9 Å². The fourth-order valence-corrected chi connectivity index (χ4v) is 2.81. The van der Waals surface area contributed by atoms with E-state index >= 15 is 0 Å². The van der Waals surface area contributed by atoms with Gasteiger partial charge < -0.3 is 0 Å². The highest BCUT2D eigenvalue weighted by molar-refractivity contribution is 6.31. The molecule has 1 aromatic rings. The van der Waals surface area contributed by atoms with Gasteiger partial charge in [0.2, 0.25) is 0 Å². The quantitative estimate of drug-likeness (QED) is 0.714. The number of halogens is 2. The molecule has 0 spiro atoms. The minimum atomic E-state index is 0.322. The number of aromatic nitrogens is 1. The predicted octanol–water partition coefficient (Wildman–Crippen LogP) is 4.08. The average molecular weight is 244 g/mol. The number of hydrogen-bond donors (Lipinski definition) is 0. The van der Waals surface area contributed by atoms with Crippen molar-refractivity contribution < 1.29 is 0 Å². The van der Waals surface area contributed by atoms with Crippen LogP contribution in [0.1, 0.15) is 31.2 Å². The second-order valence-corrected chi connectivity index (χ2v) is 5.20. The summed E-state index contributed by atoms with van der Waals surface area (Å²) in [5.41, 5.74) is 1.18. The molecule has 1 nitrogen and oxygen atoms in total. The van der Waals surface area contributed by atoms with Crippen molar-refractivity contribution in [1.82, 2.24) is 4.98 Å². The van der Waals surface area contributed by atoms with Crippen LogP contribution in [0.4, 0.5) is 0 Å². The number of rotatable bonds is 2. The van der Waals surface area contributed by atoms with E-state index in [2.05, 4.69) is 4.98 Å². The maximum Gasteiger partial charge on any atom is 0.0621 e. The summed E-state index contributed by atoms with van der Waals surface area (Å²) in [6.45, 7) is 0. The van der Waals surface area contributed by atoms with E-state index in [1.165, 1.54) is 24.8 Å². The van der Waals surface area contributed by atoms with Crippen molar-refractivity contribution in [3.05, 3.63) is 29.0 Å². The Morgan fingerprint density at radius 2 is 2.13 bits per heavy atom. The molecular weight excluding hydrogens is 229 g/mol. The van der Waals surface area contributed by atoms with E-state index < -0.39 is 0 Å². The lowest BCUT2D eigenvalue weighted by molar-refractivity contribution is 0.364. The monoisotopic (exact) mass is 243 g/mol. The molecule has 0 amide bonds. The topological polar surface area (TPSA) is 12.9 Å². The molecule has 1 heterocycles. The fraction of sp³-hybridized carbons (Fsp3) is 0.583. The van der Waals surface area contributed by atoms with Crippen LogP contribution in [0.5, 0.6) is 0 Å². The zero-order valence-electron chi connectivity index (χ0n) is 8.63. The largest absolute Gasteiger partial charge is 0.263 e. The highest BCUT2D eigenvalue weighted by atomic mass is 35.5. The van der Waals surface area contributed by atoms with E-state index in [1.807, 2.05) is 6.07 Å². The Labute approximate surface area is 101 Å². The van der Waals surface area contributed by atoms with Gasteiger partial charge in [-0.2, -0.15) is 0 Å². The van der Waals surface area contributed by atoms with Gasteiger partial charge in [-0.15, -0.1) is 11.6 Å². The molecule has 1 aliphatic rings. The smallest absolute Gasteiger partial charge is 0.0621 e. The standard InChI is InChI=1S/C12H15Cl2N/c13-11-4-2-1-3-9(11)7-10-5-6-15-8-12(10)14/h5-6,8-9,11H,1-4,7H2. The van der Waals surface area contributed by atoms with E-state index in [9.17, 15) is 0 Å². The van der Waals surface area contributed by atoms with E-state index in [1.54, 1.807) is 12.4 Å². The minimum absolute atomic E-state index is 0.322. The van der Waals surface area contributed by atoms with Gasteiger partial charge in [0.15, 0.2) is 0 Å². The van der Waals surface area contributed by atoms with Crippen LogP contribution in [0.3, 0.4) is 0 Å². The molecule has 82 valence electrons. The van der Waals surface area contributed by atoms with Crippen LogP contribution in [0.25, 0.3) is 0 Å². The molecular formula is C12H15Cl2N. The number of pyridine rings is 1. The van der Waals surface area contributed by atoms with E-state index in [0.29, 0.717) is 11.3 Å². The molecule has 2 rings (SSSR count). The summed E-state index contributed by atoms with van der Waals surface area (Å²) < 4.78 is 0. The lowest BCUT2D eigenvalue weighted by Crippen LogP contribution is -2.21. The summed E-state index contributed by atoms with van der Waals surface area (Å²) >= 11 is 12.4. The average Bonchev–Trinajstić information content (AvgIpc) is 2.24. The van der Waals surface area contributed by atoms with Gasteiger partial charge in [-0.3, -0.25) is 4.98 Å². The highest BCUT2D eigenvalue weighted by Crippen LogP contribution is 2.32. The molecule has 1 fully saturated rings. The molecule has 0 aromatic carbocycles. The van der Waals surface area contributed by atoms with Gasteiger partial charge in [0.25, 0.3) is 0 Å². The van der Waals surface area contributed by atoms with Gasteiger partial charge in [0, 0.05) is 17.8 Å². The van der Waals surface area contributed by atoms with Gasteiger partial charge in [0.1, 0.15) is 0 Å². The van der Waals surface area contributed by atoms with Crippen molar-refractivity contribution in [3.8, 4) is 0 Å². The third kappa shape index (κ3) is 2.85. The molecule has 0 N–H and O–H groups in total. The molecule has 0 saturated heterocycles. The van der Waals surface area contributed by atoms with Crippen LogP contribution in [0, 0.1) is 5.92 Å². The number of hydrogen-bond acceptors (Lipinski definition) is 1. The van der Waals surface area contributed by atoms with Crippen LogP contribution >= 0.6 is 23.2 Å². The molecule has 1 saturated carbocycles. The zero-order valence-corrected chi connectivity index (χ0v) is 10.1. The minimum Gasteiger partial charge on any atom is -0.263 e. The second kappa shape index (κ2) is 5.18. The van der Waals surface area contributed by atoms with Crippen molar-refractivity contribution in [2.75, 3.05) is 0 Å². The van der Waals surface area contributed by atoms with E-state index in [4.69, 9.17) is 23.2 Å². The van der Waals surface area contributed by atoms with Crippen LogP contribution in [0.2, 0.25) is 5.02 Å². The van der Waals surface area contributed by atoms with Gasteiger partial charge in [-0.1, -0.05) is 24.4 Å². The van der Waals surface area contributed by atoms with Crippen LogP contribution in [-0.4, -0.2) is 10.4 Å². The molecule has 0 aliphatic heterocycles. The number of alkyl halides is 1. The first-order chi connectivity index (χ1) is 7.27. The van der Waals surface area contributed by atoms with Gasteiger partial charge in [-0.25, -0.2) is 0 Å². The van der Waals surface area contributed by atoms with Crippen molar-refractivity contribution in [2.45, 2.75) is 37.5 Å². The number of nitrogens with zero attached hydrogens (tertiary/aromatic N) is 1. The van der Waals surface area contributed by atoms with Crippen molar-refractivity contribution in [3.63, 3.8) is 0 Å². The molecule has 2 atom stereocenters. The first-order valence-corrected chi connectivity index (χ1v) is 6.31. The summed E-state index contributed by atoms with van der Waals surface area (Å²) in [6.07, 6.45) is 9.46. The maximum absolute atomic E-state index is 6.33. The summed E-state index contributed by atoms with van der Waals surface area (Å²) in [7, 11) is 0. The Hall–Kier alpha value is -0.270. The lowest BCUT2D eigenvalue weighted by atomic mass is 9.84. The van der Waals surface area contributed by atoms with E-state index in [-0.39, 0.29) is 0 Å². The van der Waals surface area contributed by atoms with Crippen LogP contribution < -0.4 is 0 Å². The lowest BCUT2D eigenvalue weighted by Gasteiger charge is -2.27. The molecule has 2 unspecified atom stereocenters. The predicted molar refractivity (Wildman–Crippen MR) is 64.6 cm³/mol. The van der Waals surface area contributed by atoms with Crippen LogP contribution in [0.15, 0.2) is 18.5 Å². The normalized spacial score (nSPS) is 26.5. The molecule has 0 radical (unpaired) electrons. The SMILES string of the molecule is Clc1cnccc1CC1CCCCC1Cl. The fourth-order valence-electron chi connectivity index (χ4n) is 2.24. The summed E-state index contributed by atoms with van der Waals surface area (Å²) in [5.74, 6) is 0.584. The summed E-state index contributed by atoms with van der Waals surface area (Å²) in [5, 5.41) is 1.09. The Balaban J connectivity index is 2.04. The first kappa shape index (κ1) is 11.2. The second-order valence-electron chi connectivity index (χ2n) is 4.23. The molecule has 3 heteroatoms. The third-order valence-electron chi connectivity index (χ3n) is 3.15. The molecule has 1 aliphatic carbocycles. The van der Waals surface area contributed by atoms with Crippen molar-refractivity contribution >= 4 is 23.2 Å². The van der Waals surface area contributed by atoms with Crippen molar-refractivity contribution in [1.29, 1.82) is 0 Å². The summed E-state index contributed by atoms with van der Waals surface area (Å²) in [6, 6.07) is 2.00. The Bertz CT molecular complexity index is 327. The van der Waals surface area contributed by atoms with Crippen LogP contribution in [-0.2, 0) is 6.42 Å². The Kier molecular flexibility index (Phi) is 3.87. The zero-order chi connectivity index (χ0) is 10.7. The van der Waals surface area contributed by atoms with Crippen molar-refractivity contribution in [2.24, 2.45) is 5.92 Å². The highest BCUT2D eigenvalue weighted by Gasteiger charge is 2.23. The Morgan fingerprint density at radius 3 is 2.87 bits per heavy atom. The third-order valence-corrected chi connectivity index (χ3v) is 4.07. The first-order valence-electron chi connectivity index (χ1n) is 5.50. The maximum atomic E-state index is 6.33.